The molecule has 0 spiro atoms. The number of hydrogen-bond donors (Lipinski definition) is 3. The quantitative estimate of drug-likeness (QED) is 0.681. The minimum Gasteiger partial charge on any atom is -0.480 e. The lowest BCUT2D eigenvalue weighted by Crippen LogP contribution is -2.20. The van der Waals surface area contributed by atoms with Crippen LogP contribution in [0.3, 0.4) is 0 Å². The van der Waals surface area contributed by atoms with Gasteiger partial charge in [0.25, 0.3) is 0 Å². The van der Waals surface area contributed by atoms with Gasteiger partial charge in [-0.25, -0.2) is 0 Å². The van der Waals surface area contributed by atoms with Crippen LogP contribution in [0.4, 0.5) is 5.69 Å². The van der Waals surface area contributed by atoms with Crippen LogP contribution in [0.25, 0.3) is 0 Å². The van der Waals surface area contributed by atoms with E-state index in [0.717, 1.165) is 4.47 Å². The molecule has 70 valence electrons. The third-order valence-corrected chi connectivity index (χ3v) is 2.37. The molecule has 0 aliphatic rings. The molecule has 1 aromatic carbocycles. The van der Waals surface area contributed by atoms with Crippen LogP contribution in [0.15, 0.2) is 22.7 Å². The number of nitrogens with two attached hydrogens (primary N) is 2. The highest BCUT2D eigenvalue weighted by Gasteiger charge is 2.14. The van der Waals surface area contributed by atoms with Crippen molar-refractivity contribution in [3.05, 3.63) is 28.2 Å². The van der Waals surface area contributed by atoms with Gasteiger partial charge in [0.05, 0.1) is 0 Å². The van der Waals surface area contributed by atoms with Crippen LogP contribution >= 0.6 is 15.9 Å². The van der Waals surface area contributed by atoms with E-state index < -0.39 is 12.0 Å². The number of anilines is 1. The molecule has 0 unspecified atom stereocenters. The van der Waals surface area contributed by atoms with Crippen molar-refractivity contribution in [1.29, 1.82) is 0 Å². The molecule has 5 heteroatoms. The lowest BCUT2D eigenvalue weighted by atomic mass is 10.1. The molecule has 0 aromatic heterocycles. The number of carbonyl (C=O) groups is 1. The second kappa shape index (κ2) is 3.76. The number of carboxylic acids is 1. The van der Waals surface area contributed by atoms with Crippen molar-refractivity contribution in [3.8, 4) is 0 Å². The zero-order valence-electron chi connectivity index (χ0n) is 6.70. The maximum atomic E-state index is 10.5. The van der Waals surface area contributed by atoms with Gasteiger partial charge in [-0.2, -0.15) is 0 Å². The van der Waals surface area contributed by atoms with Crippen LogP contribution in [0.5, 0.6) is 0 Å². The Morgan fingerprint density at radius 3 is 2.62 bits per heavy atom. The first-order chi connectivity index (χ1) is 6.02. The summed E-state index contributed by atoms with van der Waals surface area (Å²) in [5, 5.41) is 8.62. The molecular weight excluding hydrogens is 236 g/mol. The molecule has 0 fully saturated rings. The van der Waals surface area contributed by atoms with Gasteiger partial charge in [0, 0.05) is 10.2 Å². The van der Waals surface area contributed by atoms with Gasteiger partial charge < -0.3 is 16.6 Å². The number of hydrogen-bond acceptors (Lipinski definition) is 3. The zero-order chi connectivity index (χ0) is 10.0. The fourth-order valence-electron chi connectivity index (χ4n) is 0.898. The minimum absolute atomic E-state index is 0.481. The number of nitrogen functional groups attached to an aromatic ring is 1. The third kappa shape index (κ3) is 2.19. The predicted molar refractivity (Wildman–Crippen MR) is 53.1 cm³/mol. The number of benzene rings is 1. The predicted octanol–water partition coefficient (Wildman–Crippen LogP) is 1.12. The topological polar surface area (TPSA) is 89.3 Å². The van der Waals surface area contributed by atoms with Crippen molar-refractivity contribution in [2.75, 3.05) is 5.73 Å². The number of halogens is 1. The van der Waals surface area contributed by atoms with E-state index in [-0.39, 0.29) is 0 Å². The summed E-state index contributed by atoms with van der Waals surface area (Å²) in [5.41, 5.74) is 11.9. The maximum Gasteiger partial charge on any atom is 0.325 e. The Kier molecular flexibility index (Phi) is 2.90. The van der Waals surface area contributed by atoms with Gasteiger partial charge in [0.1, 0.15) is 6.04 Å². The highest BCUT2D eigenvalue weighted by atomic mass is 79.9. The molecule has 0 saturated heterocycles. The Bertz CT molecular complexity index is 341. The molecule has 1 aromatic rings. The Balaban J connectivity index is 3.03. The van der Waals surface area contributed by atoms with Crippen molar-refractivity contribution >= 4 is 27.6 Å². The van der Waals surface area contributed by atoms with E-state index in [4.69, 9.17) is 16.6 Å². The summed E-state index contributed by atoms with van der Waals surface area (Å²) in [4.78, 5) is 10.5. The Labute approximate surface area is 83.7 Å². The summed E-state index contributed by atoms with van der Waals surface area (Å²) in [6, 6.07) is 3.82. The van der Waals surface area contributed by atoms with Crippen molar-refractivity contribution < 1.29 is 9.90 Å². The standard InChI is InChI=1S/C8H9BrN2O2/c9-5-2-1-4(3-6(5)10)7(11)8(12)13/h1-3,7H,10-11H2,(H,12,13)/t7-/m1/s1. The van der Waals surface area contributed by atoms with Crippen LogP contribution in [-0.2, 0) is 4.79 Å². The molecule has 0 bridgehead atoms. The van der Waals surface area contributed by atoms with Gasteiger partial charge in [-0.15, -0.1) is 0 Å². The molecule has 13 heavy (non-hydrogen) atoms. The van der Waals surface area contributed by atoms with Crippen LogP contribution < -0.4 is 11.5 Å². The van der Waals surface area contributed by atoms with Crippen molar-refractivity contribution in [1.82, 2.24) is 0 Å². The molecule has 0 aliphatic heterocycles. The molecule has 0 heterocycles. The maximum absolute atomic E-state index is 10.5. The van der Waals surface area contributed by atoms with Crippen LogP contribution in [0.2, 0.25) is 0 Å². The monoisotopic (exact) mass is 244 g/mol. The second-order valence-corrected chi connectivity index (χ2v) is 3.45. The smallest absolute Gasteiger partial charge is 0.325 e. The van der Waals surface area contributed by atoms with E-state index in [1.807, 2.05) is 0 Å². The molecule has 4 nitrogen and oxygen atoms in total. The second-order valence-electron chi connectivity index (χ2n) is 2.60. The zero-order valence-corrected chi connectivity index (χ0v) is 8.28. The summed E-state index contributed by atoms with van der Waals surface area (Å²) in [6.45, 7) is 0. The van der Waals surface area contributed by atoms with E-state index in [9.17, 15) is 4.79 Å². The molecule has 5 N–H and O–H groups in total. The van der Waals surface area contributed by atoms with Crippen LogP contribution in [0, 0.1) is 0 Å². The summed E-state index contributed by atoms with van der Waals surface area (Å²) >= 11 is 3.20. The van der Waals surface area contributed by atoms with Crippen molar-refractivity contribution in [2.24, 2.45) is 5.73 Å². The lowest BCUT2D eigenvalue weighted by Gasteiger charge is -2.07. The van der Waals surface area contributed by atoms with E-state index in [0.29, 0.717) is 11.3 Å². The largest absolute Gasteiger partial charge is 0.480 e. The molecule has 1 atom stereocenters. The van der Waals surface area contributed by atoms with Crippen LogP contribution in [-0.4, -0.2) is 11.1 Å². The number of rotatable bonds is 2. The molecule has 0 amide bonds. The molecule has 0 aliphatic carbocycles. The SMILES string of the molecule is Nc1cc([C@@H](N)C(=O)O)ccc1Br. The minimum atomic E-state index is -1.07. The van der Waals surface area contributed by atoms with Gasteiger partial charge in [-0.05, 0) is 33.6 Å². The molecule has 1 rings (SSSR count). The van der Waals surface area contributed by atoms with E-state index >= 15 is 0 Å². The van der Waals surface area contributed by atoms with Gasteiger partial charge in [0.15, 0.2) is 0 Å². The van der Waals surface area contributed by atoms with Crippen molar-refractivity contribution in [3.63, 3.8) is 0 Å². The van der Waals surface area contributed by atoms with E-state index in [2.05, 4.69) is 15.9 Å². The average Bonchev–Trinajstić information content (AvgIpc) is 2.08. The van der Waals surface area contributed by atoms with E-state index in [1.165, 1.54) is 0 Å². The summed E-state index contributed by atoms with van der Waals surface area (Å²) in [5.74, 6) is -1.07. The van der Waals surface area contributed by atoms with Crippen molar-refractivity contribution in [2.45, 2.75) is 6.04 Å². The lowest BCUT2D eigenvalue weighted by molar-refractivity contribution is -0.138. The first kappa shape index (κ1) is 10.0. The highest BCUT2D eigenvalue weighted by Crippen LogP contribution is 2.22. The average molecular weight is 245 g/mol. The molecule has 0 saturated carbocycles. The van der Waals surface area contributed by atoms with Gasteiger partial charge >= 0.3 is 5.97 Å². The normalized spacial score (nSPS) is 12.5. The van der Waals surface area contributed by atoms with Gasteiger partial charge in [0.2, 0.25) is 0 Å². The molecule has 0 radical (unpaired) electrons. The Morgan fingerprint density at radius 1 is 1.54 bits per heavy atom. The summed E-state index contributed by atoms with van der Waals surface area (Å²) in [6.07, 6.45) is 0. The summed E-state index contributed by atoms with van der Waals surface area (Å²) < 4.78 is 0.730. The first-order valence-corrected chi connectivity index (χ1v) is 4.35. The number of carboxylic acid groups (broad SMARTS) is 1. The highest BCUT2D eigenvalue weighted by molar-refractivity contribution is 9.10. The van der Waals surface area contributed by atoms with Gasteiger partial charge in [-0.3, -0.25) is 4.79 Å². The fraction of sp³-hybridized carbons (Fsp3) is 0.125. The summed E-state index contributed by atoms with van der Waals surface area (Å²) in [7, 11) is 0. The van der Waals surface area contributed by atoms with E-state index in [1.54, 1.807) is 18.2 Å². The Hall–Kier alpha value is -1.07. The van der Waals surface area contributed by atoms with Crippen LogP contribution in [0.1, 0.15) is 11.6 Å². The first-order valence-electron chi connectivity index (χ1n) is 3.55. The number of aliphatic carboxylic acids is 1. The Morgan fingerprint density at radius 2 is 2.15 bits per heavy atom. The van der Waals surface area contributed by atoms with Gasteiger partial charge in [-0.1, -0.05) is 6.07 Å². The molecular formula is C8H9BrN2O2. The fourth-order valence-corrected chi connectivity index (χ4v) is 1.14. The third-order valence-electron chi connectivity index (χ3n) is 1.65.